The largest absolute Gasteiger partial charge is 0.507 e. The van der Waals surface area contributed by atoms with Crippen molar-refractivity contribution in [2.75, 3.05) is 0 Å². The average Bonchev–Trinajstić information content (AvgIpc) is 2.49. The number of hydrogen-bond acceptors (Lipinski definition) is 2. The summed E-state index contributed by atoms with van der Waals surface area (Å²) in [5.74, 6) is 1.30. The molecule has 1 N–H and O–H groups in total. The zero-order valence-electron chi connectivity index (χ0n) is 8.49. The first-order valence-corrected chi connectivity index (χ1v) is 5.57. The molecule has 0 amide bonds. The summed E-state index contributed by atoms with van der Waals surface area (Å²) in [5, 5.41) is 9.53. The number of imidazole rings is 1. The maximum atomic E-state index is 9.53. The van der Waals surface area contributed by atoms with Gasteiger partial charge in [0.15, 0.2) is 0 Å². The zero-order chi connectivity index (χ0) is 10.3. The summed E-state index contributed by atoms with van der Waals surface area (Å²) in [5.41, 5.74) is 1.98. The number of halogens is 2. The normalized spacial score (nSPS) is 10.3. The Morgan fingerprint density at radius 2 is 2.13 bits per heavy atom. The van der Waals surface area contributed by atoms with Gasteiger partial charge in [0.2, 0.25) is 0 Å². The summed E-state index contributed by atoms with van der Waals surface area (Å²) in [6.45, 7) is 4.98. The molecule has 0 aliphatic carbocycles. The Morgan fingerprint density at radius 1 is 1.47 bits per heavy atom. The first kappa shape index (κ1) is 12.6. The van der Waals surface area contributed by atoms with Crippen LogP contribution in [-0.2, 0) is 6.54 Å². The molecule has 0 atom stereocenters. The molecule has 3 nitrogen and oxygen atoms in total. The summed E-state index contributed by atoms with van der Waals surface area (Å²) in [6.07, 6.45) is 0. The van der Waals surface area contributed by atoms with Crippen molar-refractivity contribution in [1.29, 1.82) is 0 Å². The number of fused-ring (bicyclic) bond motifs is 1. The maximum absolute atomic E-state index is 9.53. The third-order valence-electron chi connectivity index (χ3n) is 2.35. The van der Waals surface area contributed by atoms with Crippen molar-refractivity contribution < 1.29 is 5.11 Å². The van der Waals surface area contributed by atoms with E-state index < -0.39 is 0 Å². The number of hydrogen-bond donors (Lipinski definition) is 1. The highest BCUT2D eigenvalue weighted by atomic mass is 127. The minimum Gasteiger partial charge on any atom is -0.507 e. The van der Waals surface area contributed by atoms with Crippen LogP contribution in [0, 0.1) is 10.5 Å². The minimum absolute atomic E-state index is 0. The maximum Gasteiger partial charge on any atom is 0.131 e. The van der Waals surface area contributed by atoms with Gasteiger partial charge in [-0.2, -0.15) is 0 Å². The number of nitrogens with zero attached hydrogens (tertiary/aromatic N) is 2. The molecule has 5 heteroatoms. The number of phenolic OH excluding ortho intramolecular Hbond substituents is 1. The van der Waals surface area contributed by atoms with Gasteiger partial charge in [-0.25, -0.2) is 4.98 Å². The van der Waals surface area contributed by atoms with E-state index in [1.807, 2.05) is 13.0 Å². The number of benzene rings is 1. The molecule has 2 aromatic rings. The van der Waals surface area contributed by atoms with E-state index in [9.17, 15) is 5.11 Å². The summed E-state index contributed by atoms with van der Waals surface area (Å²) in [7, 11) is 0. The monoisotopic (exact) mass is 338 g/mol. The Hall–Kier alpha value is -0.490. The SMILES string of the molecule is CCn1c(C)nc2c(I)c(O)ccc21.Cl. The Morgan fingerprint density at radius 3 is 2.73 bits per heavy atom. The van der Waals surface area contributed by atoms with Crippen LogP contribution in [0.2, 0.25) is 0 Å². The quantitative estimate of drug-likeness (QED) is 0.812. The Bertz CT molecular complexity index is 496. The third kappa shape index (κ3) is 1.92. The van der Waals surface area contributed by atoms with E-state index in [0.717, 1.165) is 27.0 Å². The molecule has 0 unspecified atom stereocenters. The van der Waals surface area contributed by atoms with Gasteiger partial charge in [0, 0.05) is 6.54 Å². The van der Waals surface area contributed by atoms with E-state index in [0.29, 0.717) is 5.75 Å². The van der Waals surface area contributed by atoms with Crippen LogP contribution in [0.25, 0.3) is 11.0 Å². The molecule has 15 heavy (non-hydrogen) atoms. The average molecular weight is 339 g/mol. The lowest BCUT2D eigenvalue weighted by Gasteiger charge is -2.02. The van der Waals surface area contributed by atoms with Crippen molar-refractivity contribution in [3.05, 3.63) is 21.5 Å². The van der Waals surface area contributed by atoms with E-state index in [4.69, 9.17) is 0 Å². The molecule has 0 aliphatic rings. The number of aromatic nitrogens is 2. The lowest BCUT2D eigenvalue weighted by Crippen LogP contribution is -1.95. The fraction of sp³-hybridized carbons (Fsp3) is 0.300. The standard InChI is InChI=1S/C10H11IN2O.ClH/c1-3-13-6(2)12-10-7(13)4-5-8(14)9(10)11;/h4-5,14H,3H2,1-2H3;1H. The smallest absolute Gasteiger partial charge is 0.131 e. The van der Waals surface area contributed by atoms with Gasteiger partial charge in [0.25, 0.3) is 0 Å². The zero-order valence-corrected chi connectivity index (χ0v) is 11.5. The van der Waals surface area contributed by atoms with Crippen LogP contribution in [0.1, 0.15) is 12.7 Å². The summed E-state index contributed by atoms with van der Waals surface area (Å²) in [4.78, 5) is 4.44. The first-order chi connectivity index (χ1) is 6.65. The van der Waals surface area contributed by atoms with Crippen molar-refractivity contribution >= 4 is 46.0 Å². The van der Waals surface area contributed by atoms with Gasteiger partial charge in [-0.1, -0.05) is 0 Å². The molecular formula is C10H12ClIN2O. The van der Waals surface area contributed by atoms with Gasteiger partial charge in [-0.3, -0.25) is 0 Å². The minimum atomic E-state index is 0. The third-order valence-corrected chi connectivity index (χ3v) is 3.41. The summed E-state index contributed by atoms with van der Waals surface area (Å²) < 4.78 is 2.96. The fourth-order valence-electron chi connectivity index (χ4n) is 1.66. The molecule has 2 rings (SSSR count). The van der Waals surface area contributed by atoms with Crippen molar-refractivity contribution in [1.82, 2.24) is 9.55 Å². The Labute approximate surface area is 108 Å². The van der Waals surface area contributed by atoms with E-state index in [-0.39, 0.29) is 12.4 Å². The molecule has 0 aliphatic heterocycles. The Balaban J connectivity index is 0.00000112. The van der Waals surface area contributed by atoms with E-state index >= 15 is 0 Å². The highest BCUT2D eigenvalue weighted by molar-refractivity contribution is 14.1. The highest BCUT2D eigenvalue weighted by Crippen LogP contribution is 2.28. The van der Waals surface area contributed by atoms with Gasteiger partial charge >= 0.3 is 0 Å². The molecular weight excluding hydrogens is 326 g/mol. The predicted molar refractivity (Wildman–Crippen MR) is 71.8 cm³/mol. The second-order valence-corrected chi connectivity index (χ2v) is 4.25. The van der Waals surface area contributed by atoms with E-state index in [1.54, 1.807) is 6.07 Å². The molecule has 1 aromatic heterocycles. The van der Waals surface area contributed by atoms with Crippen LogP contribution in [0.15, 0.2) is 12.1 Å². The second-order valence-electron chi connectivity index (χ2n) is 3.17. The topological polar surface area (TPSA) is 38.0 Å². The molecule has 0 bridgehead atoms. The van der Waals surface area contributed by atoms with Gasteiger partial charge in [0.05, 0.1) is 9.09 Å². The molecule has 82 valence electrons. The summed E-state index contributed by atoms with van der Waals surface area (Å²) in [6, 6.07) is 3.63. The molecule has 0 radical (unpaired) electrons. The van der Waals surface area contributed by atoms with E-state index in [1.165, 1.54) is 0 Å². The van der Waals surface area contributed by atoms with E-state index in [2.05, 4.69) is 39.1 Å². The van der Waals surface area contributed by atoms with Crippen molar-refractivity contribution in [2.24, 2.45) is 0 Å². The summed E-state index contributed by atoms with van der Waals surface area (Å²) >= 11 is 2.12. The lowest BCUT2D eigenvalue weighted by molar-refractivity contribution is 0.472. The van der Waals surface area contributed by atoms with Crippen molar-refractivity contribution in [2.45, 2.75) is 20.4 Å². The van der Waals surface area contributed by atoms with Crippen LogP contribution < -0.4 is 0 Å². The van der Waals surface area contributed by atoms with Crippen LogP contribution in [-0.4, -0.2) is 14.7 Å². The van der Waals surface area contributed by atoms with Crippen LogP contribution in [0.3, 0.4) is 0 Å². The van der Waals surface area contributed by atoms with Gasteiger partial charge in [-0.05, 0) is 48.6 Å². The fourth-order valence-corrected chi connectivity index (χ4v) is 2.24. The van der Waals surface area contributed by atoms with Gasteiger partial charge in [-0.15, -0.1) is 12.4 Å². The predicted octanol–water partition coefficient (Wildman–Crippen LogP) is 3.10. The molecule has 0 spiro atoms. The second kappa shape index (κ2) is 4.57. The highest BCUT2D eigenvalue weighted by Gasteiger charge is 2.11. The molecule has 1 heterocycles. The number of phenols is 1. The van der Waals surface area contributed by atoms with Crippen LogP contribution >= 0.6 is 35.0 Å². The van der Waals surface area contributed by atoms with Crippen LogP contribution in [0.4, 0.5) is 0 Å². The molecule has 0 saturated carbocycles. The van der Waals surface area contributed by atoms with Crippen molar-refractivity contribution in [3.63, 3.8) is 0 Å². The number of rotatable bonds is 1. The molecule has 0 saturated heterocycles. The first-order valence-electron chi connectivity index (χ1n) is 4.49. The number of aryl methyl sites for hydroxylation is 2. The van der Waals surface area contributed by atoms with Crippen molar-refractivity contribution in [3.8, 4) is 5.75 Å². The molecule has 1 aromatic carbocycles. The van der Waals surface area contributed by atoms with Crippen LogP contribution in [0.5, 0.6) is 5.75 Å². The molecule has 0 fully saturated rings. The number of aromatic hydroxyl groups is 1. The van der Waals surface area contributed by atoms with Gasteiger partial charge in [0.1, 0.15) is 17.1 Å². The van der Waals surface area contributed by atoms with Gasteiger partial charge < -0.3 is 9.67 Å². The Kier molecular flexibility index (Phi) is 3.83. The lowest BCUT2D eigenvalue weighted by atomic mass is 10.3.